The van der Waals surface area contributed by atoms with E-state index in [4.69, 9.17) is 25.8 Å². The van der Waals surface area contributed by atoms with E-state index in [0.717, 1.165) is 22.3 Å². The molecule has 0 fully saturated rings. The molecule has 0 bridgehead atoms. The first-order chi connectivity index (χ1) is 19.8. The van der Waals surface area contributed by atoms with E-state index < -0.39 is 12.0 Å². The highest BCUT2D eigenvalue weighted by atomic mass is 35.5. The molecule has 4 aromatic rings. The van der Waals surface area contributed by atoms with Crippen molar-refractivity contribution >= 4 is 35.0 Å². The van der Waals surface area contributed by atoms with Gasteiger partial charge in [0.2, 0.25) is 0 Å². The minimum Gasteiger partial charge on any atom is -0.493 e. The number of benzene rings is 3. The molecule has 9 heteroatoms. The van der Waals surface area contributed by atoms with Gasteiger partial charge in [0, 0.05) is 10.6 Å². The summed E-state index contributed by atoms with van der Waals surface area (Å²) >= 11 is 7.53. The van der Waals surface area contributed by atoms with Gasteiger partial charge in [-0.1, -0.05) is 77.0 Å². The third-order valence-corrected chi connectivity index (χ3v) is 8.09. The van der Waals surface area contributed by atoms with Crippen LogP contribution in [0.15, 0.2) is 87.8 Å². The number of methoxy groups -OCH3 is 1. The second kappa shape index (κ2) is 12.2. The molecule has 0 saturated carbocycles. The monoisotopic (exact) mass is 588 g/mol. The average molecular weight is 589 g/mol. The fourth-order valence-electron chi connectivity index (χ4n) is 4.67. The molecule has 41 heavy (non-hydrogen) atoms. The number of carbonyl (C=O) groups is 1. The standard InChI is InChI=1S/C32H29ClN2O5S/c1-5-39-31(37)28-20(3)34-32-35(29(28)22-13-10-19(2)11-14-22)30(36)27(41-32)17-21-12-15-25(26(16-21)38-4)40-18-23-8-6-7-9-24(23)33/h6-17,29H,5,18H2,1-4H3/b27-17-/t29-/m1/s1. The number of esters is 1. The van der Waals surface area contributed by atoms with Crippen molar-refractivity contribution in [1.82, 2.24) is 4.57 Å². The maximum absolute atomic E-state index is 13.9. The molecule has 7 nitrogen and oxygen atoms in total. The summed E-state index contributed by atoms with van der Waals surface area (Å²) in [6, 6.07) is 20.1. The Kier molecular flexibility index (Phi) is 8.42. The Bertz CT molecular complexity index is 1820. The Balaban J connectivity index is 1.54. The van der Waals surface area contributed by atoms with Crippen LogP contribution < -0.4 is 24.4 Å². The SMILES string of the molecule is CCOC(=O)C1=C(C)N=c2s/c(=C\c3ccc(OCc4ccccc4Cl)c(OC)c3)c(=O)n2[C@@H]1c1ccc(C)cc1. The van der Waals surface area contributed by atoms with E-state index >= 15 is 0 Å². The molecule has 0 N–H and O–H groups in total. The number of aromatic nitrogens is 1. The number of hydrogen-bond acceptors (Lipinski definition) is 7. The zero-order chi connectivity index (χ0) is 29.1. The van der Waals surface area contributed by atoms with Crippen molar-refractivity contribution < 1.29 is 19.0 Å². The minimum atomic E-state index is -0.650. The minimum absolute atomic E-state index is 0.223. The van der Waals surface area contributed by atoms with Gasteiger partial charge in [0.15, 0.2) is 16.3 Å². The van der Waals surface area contributed by atoms with Crippen LogP contribution in [0.3, 0.4) is 0 Å². The number of halogens is 1. The third-order valence-electron chi connectivity index (χ3n) is 6.74. The van der Waals surface area contributed by atoms with Crippen molar-refractivity contribution in [2.45, 2.75) is 33.4 Å². The van der Waals surface area contributed by atoms with Crippen LogP contribution in [0.5, 0.6) is 11.5 Å². The summed E-state index contributed by atoms with van der Waals surface area (Å²) in [5.74, 6) is 0.599. The summed E-state index contributed by atoms with van der Waals surface area (Å²) in [6.07, 6.45) is 1.79. The van der Waals surface area contributed by atoms with Gasteiger partial charge in [-0.05, 0) is 56.2 Å². The maximum atomic E-state index is 13.9. The topological polar surface area (TPSA) is 79.1 Å². The van der Waals surface area contributed by atoms with Gasteiger partial charge in [-0.2, -0.15) is 0 Å². The summed E-state index contributed by atoms with van der Waals surface area (Å²) < 4.78 is 19.0. The number of ether oxygens (including phenoxy) is 3. The third kappa shape index (κ3) is 5.85. The number of carbonyl (C=O) groups excluding carboxylic acids is 1. The molecule has 1 aliphatic rings. The molecule has 0 aliphatic carbocycles. The predicted molar refractivity (Wildman–Crippen MR) is 160 cm³/mol. The molecule has 5 rings (SSSR count). The average Bonchev–Trinajstić information content (AvgIpc) is 3.26. The lowest BCUT2D eigenvalue weighted by atomic mass is 9.95. The molecular formula is C32H29ClN2O5S. The van der Waals surface area contributed by atoms with Gasteiger partial charge in [0.25, 0.3) is 5.56 Å². The first-order valence-corrected chi connectivity index (χ1v) is 14.3. The Morgan fingerprint density at radius 2 is 1.83 bits per heavy atom. The van der Waals surface area contributed by atoms with Gasteiger partial charge >= 0.3 is 5.97 Å². The van der Waals surface area contributed by atoms with Crippen molar-refractivity contribution in [2.75, 3.05) is 13.7 Å². The summed E-state index contributed by atoms with van der Waals surface area (Å²) in [5, 5.41) is 0.628. The smallest absolute Gasteiger partial charge is 0.338 e. The molecule has 1 aromatic heterocycles. The molecule has 1 atom stereocenters. The van der Waals surface area contributed by atoms with E-state index in [9.17, 15) is 9.59 Å². The van der Waals surface area contributed by atoms with Gasteiger partial charge in [-0.25, -0.2) is 9.79 Å². The molecular weight excluding hydrogens is 560 g/mol. The molecule has 2 heterocycles. The number of fused-ring (bicyclic) bond motifs is 1. The second-order valence-electron chi connectivity index (χ2n) is 9.50. The molecule has 0 amide bonds. The molecule has 0 radical (unpaired) electrons. The normalized spacial score (nSPS) is 14.9. The molecule has 0 spiro atoms. The lowest BCUT2D eigenvalue weighted by Gasteiger charge is -2.24. The van der Waals surface area contributed by atoms with Crippen molar-refractivity contribution in [2.24, 2.45) is 4.99 Å². The van der Waals surface area contributed by atoms with Crippen LogP contribution in [0, 0.1) is 6.92 Å². The lowest BCUT2D eigenvalue weighted by molar-refractivity contribution is -0.139. The Morgan fingerprint density at radius 3 is 2.54 bits per heavy atom. The summed E-state index contributed by atoms with van der Waals surface area (Å²) in [6.45, 7) is 6.03. The first kappa shape index (κ1) is 28.4. The van der Waals surface area contributed by atoms with E-state index in [1.807, 2.05) is 67.6 Å². The van der Waals surface area contributed by atoms with E-state index in [1.54, 1.807) is 37.7 Å². The number of thiazole rings is 1. The van der Waals surface area contributed by atoms with Gasteiger partial charge < -0.3 is 14.2 Å². The highest BCUT2D eigenvalue weighted by Gasteiger charge is 2.33. The van der Waals surface area contributed by atoms with E-state index in [0.29, 0.717) is 37.1 Å². The van der Waals surface area contributed by atoms with Gasteiger partial charge in [0.1, 0.15) is 6.61 Å². The maximum Gasteiger partial charge on any atom is 0.338 e. The zero-order valence-corrected chi connectivity index (χ0v) is 24.7. The quantitative estimate of drug-likeness (QED) is 0.259. The van der Waals surface area contributed by atoms with E-state index in [-0.39, 0.29) is 18.8 Å². The van der Waals surface area contributed by atoms with Crippen LogP contribution in [-0.4, -0.2) is 24.3 Å². The second-order valence-corrected chi connectivity index (χ2v) is 10.9. The van der Waals surface area contributed by atoms with Gasteiger partial charge in [0.05, 0.1) is 35.6 Å². The number of hydrogen-bond donors (Lipinski definition) is 0. The van der Waals surface area contributed by atoms with Gasteiger partial charge in [-0.3, -0.25) is 9.36 Å². The summed E-state index contributed by atoms with van der Waals surface area (Å²) in [4.78, 5) is 32.1. The molecule has 1 aliphatic heterocycles. The Hall–Kier alpha value is -4.14. The van der Waals surface area contributed by atoms with Crippen LogP contribution in [0.1, 0.15) is 42.1 Å². The Morgan fingerprint density at radius 1 is 1.07 bits per heavy atom. The lowest BCUT2D eigenvalue weighted by Crippen LogP contribution is -2.39. The van der Waals surface area contributed by atoms with Crippen LogP contribution in [-0.2, 0) is 16.1 Å². The van der Waals surface area contributed by atoms with Crippen molar-refractivity contribution in [1.29, 1.82) is 0 Å². The molecule has 0 saturated heterocycles. The predicted octanol–water partition coefficient (Wildman–Crippen LogP) is 5.35. The highest BCUT2D eigenvalue weighted by molar-refractivity contribution is 7.07. The zero-order valence-electron chi connectivity index (χ0n) is 23.1. The number of aryl methyl sites for hydroxylation is 1. The fourth-order valence-corrected chi connectivity index (χ4v) is 5.91. The van der Waals surface area contributed by atoms with Crippen LogP contribution >= 0.6 is 22.9 Å². The number of allylic oxidation sites excluding steroid dienone is 1. The summed E-state index contributed by atoms with van der Waals surface area (Å²) in [7, 11) is 1.57. The molecule has 0 unspecified atom stereocenters. The van der Waals surface area contributed by atoms with Crippen molar-refractivity contribution in [3.05, 3.63) is 125 Å². The first-order valence-electron chi connectivity index (χ1n) is 13.1. The van der Waals surface area contributed by atoms with Gasteiger partial charge in [-0.15, -0.1) is 0 Å². The Labute approximate surface area is 246 Å². The molecule has 3 aromatic carbocycles. The fraction of sp³-hybridized carbons (Fsp3) is 0.219. The number of rotatable bonds is 8. The summed E-state index contributed by atoms with van der Waals surface area (Å²) in [5.41, 5.74) is 4.15. The number of nitrogens with zero attached hydrogens (tertiary/aromatic N) is 2. The molecule has 210 valence electrons. The van der Waals surface area contributed by atoms with Crippen LogP contribution in [0.2, 0.25) is 5.02 Å². The van der Waals surface area contributed by atoms with Crippen LogP contribution in [0.25, 0.3) is 6.08 Å². The van der Waals surface area contributed by atoms with Crippen molar-refractivity contribution in [3.63, 3.8) is 0 Å². The van der Waals surface area contributed by atoms with Crippen LogP contribution in [0.4, 0.5) is 0 Å². The van der Waals surface area contributed by atoms with Crippen molar-refractivity contribution in [3.8, 4) is 11.5 Å². The highest BCUT2D eigenvalue weighted by Crippen LogP contribution is 2.32. The largest absolute Gasteiger partial charge is 0.493 e. The van der Waals surface area contributed by atoms with E-state index in [1.165, 1.54) is 11.3 Å². The van der Waals surface area contributed by atoms with E-state index in [2.05, 4.69) is 4.99 Å².